The van der Waals surface area contributed by atoms with Gasteiger partial charge in [-0.15, -0.1) is 0 Å². The topological polar surface area (TPSA) is 55.8 Å². The molecule has 0 spiro atoms. The van der Waals surface area contributed by atoms with Crippen LogP contribution in [0.25, 0.3) is 0 Å². The largest absolute Gasteiger partial charge is 0.457 e. The number of esters is 1. The van der Waals surface area contributed by atoms with E-state index in [0.29, 0.717) is 23.6 Å². The van der Waals surface area contributed by atoms with Crippen molar-refractivity contribution in [2.75, 3.05) is 7.05 Å². The molecule has 1 atom stereocenters. The average Bonchev–Trinajstić information content (AvgIpc) is 2.75. The van der Waals surface area contributed by atoms with Gasteiger partial charge in [0.1, 0.15) is 11.5 Å². The molecule has 3 rings (SSSR count). The van der Waals surface area contributed by atoms with E-state index in [2.05, 4.69) is 0 Å². The zero-order valence-corrected chi connectivity index (χ0v) is 16.4. The molecule has 0 aliphatic carbocycles. The molecule has 0 aliphatic rings. The quantitative estimate of drug-likeness (QED) is 0.551. The van der Waals surface area contributed by atoms with Gasteiger partial charge in [0, 0.05) is 13.6 Å². The van der Waals surface area contributed by atoms with Gasteiger partial charge in [-0.2, -0.15) is 0 Å². The maximum atomic E-state index is 12.5. The molecule has 3 aromatic rings. The molecule has 0 radical (unpaired) electrons. The number of benzene rings is 3. The highest BCUT2D eigenvalue weighted by Crippen LogP contribution is 2.21. The summed E-state index contributed by atoms with van der Waals surface area (Å²) in [5.41, 5.74) is 1.37. The standard InChI is InChI=1S/C24H23NO4/c1-18(23(26)25(2)17-19-9-5-3-6-10-19)28-24(27)20-13-15-22(16-14-20)29-21-11-7-4-8-12-21/h3-16,18H,17H2,1-2H3/t18-/m0/s1. The van der Waals surface area contributed by atoms with Crippen molar-refractivity contribution < 1.29 is 19.1 Å². The number of likely N-dealkylation sites (N-methyl/N-ethyl adjacent to an activating group) is 1. The van der Waals surface area contributed by atoms with E-state index in [-0.39, 0.29) is 5.91 Å². The van der Waals surface area contributed by atoms with E-state index in [1.807, 2.05) is 60.7 Å². The fourth-order valence-corrected chi connectivity index (χ4v) is 2.81. The second-order valence-corrected chi connectivity index (χ2v) is 6.67. The molecular weight excluding hydrogens is 366 g/mol. The lowest BCUT2D eigenvalue weighted by Gasteiger charge is -2.21. The van der Waals surface area contributed by atoms with Crippen molar-refractivity contribution >= 4 is 11.9 Å². The third-order valence-corrected chi connectivity index (χ3v) is 4.34. The zero-order chi connectivity index (χ0) is 20.6. The van der Waals surface area contributed by atoms with Crippen LogP contribution < -0.4 is 4.74 Å². The van der Waals surface area contributed by atoms with Gasteiger partial charge in [-0.05, 0) is 48.9 Å². The lowest BCUT2D eigenvalue weighted by atomic mass is 10.2. The molecule has 0 bridgehead atoms. The van der Waals surface area contributed by atoms with Crippen LogP contribution in [-0.2, 0) is 16.1 Å². The summed E-state index contributed by atoms with van der Waals surface area (Å²) < 4.78 is 11.1. The minimum Gasteiger partial charge on any atom is -0.457 e. The van der Waals surface area contributed by atoms with Gasteiger partial charge >= 0.3 is 5.97 Å². The van der Waals surface area contributed by atoms with E-state index in [9.17, 15) is 9.59 Å². The SMILES string of the molecule is C[C@H](OC(=O)c1ccc(Oc2ccccc2)cc1)C(=O)N(C)Cc1ccccc1. The maximum Gasteiger partial charge on any atom is 0.338 e. The Morgan fingerprint density at radius 3 is 2.00 bits per heavy atom. The Labute approximate surface area is 170 Å². The van der Waals surface area contributed by atoms with Gasteiger partial charge in [-0.25, -0.2) is 4.79 Å². The molecule has 1 amide bonds. The highest BCUT2D eigenvalue weighted by atomic mass is 16.5. The number of rotatable bonds is 7. The summed E-state index contributed by atoms with van der Waals surface area (Å²) in [4.78, 5) is 26.4. The second-order valence-electron chi connectivity index (χ2n) is 6.67. The molecule has 0 unspecified atom stereocenters. The third-order valence-electron chi connectivity index (χ3n) is 4.34. The summed E-state index contributed by atoms with van der Waals surface area (Å²) in [6, 6.07) is 25.6. The van der Waals surface area contributed by atoms with Crippen molar-refractivity contribution in [1.82, 2.24) is 4.90 Å². The molecule has 5 heteroatoms. The van der Waals surface area contributed by atoms with Crippen LogP contribution in [0.3, 0.4) is 0 Å². The molecule has 3 aromatic carbocycles. The minimum atomic E-state index is -0.878. The molecule has 0 heterocycles. The van der Waals surface area contributed by atoms with Crippen LogP contribution in [0, 0.1) is 0 Å². The molecule has 148 valence electrons. The molecule has 0 aliphatic heterocycles. The van der Waals surface area contributed by atoms with Gasteiger partial charge < -0.3 is 14.4 Å². The average molecular weight is 389 g/mol. The van der Waals surface area contributed by atoms with Gasteiger partial charge in [-0.1, -0.05) is 48.5 Å². The first-order valence-electron chi connectivity index (χ1n) is 9.36. The van der Waals surface area contributed by atoms with E-state index in [0.717, 1.165) is 5.56 Å². The first kappa shape index (κ1) is 20.1. The predicted octanol–water partition coefficient (Wildman–Crippen LogP) is 4.68. The highest BCUT2D eigenvalue weighted by molar-refractivity contribution is 5.92. The summed E-state index contributed by atoms with van der Waals surface area (Å²) in [6.45, 7) is 2.03. The Bertz CT molecular complexity index is 940. The number of carbonyl (C=O) groups is 2. The van der Waals surface area contributed by atoms with Crippen molar-refractivity contribution in [3.63, 3.8) is 0 Å². The molecule has 29 heavy (non-hydrogen) atoms. The van der Waals surface area contributed by atoms with Crippen molar-refractivity contribution in [2.24, 2.45) is 0 Å². The number of hydrogen-bond acceptors (Lipinski definition) is 4. The van der Waals surface area contributed by atoms with Crippen molar-refractivity contribution in [3.05, 3.63) is 96.1 Å². The monoisotopic (exact) mass is 389 g/mol. The van der Waals surface area contributed by atoms with Gasteiger partial charge in [0.05, 0.1) is 5.56 Å². The predicted molar refractivity (Wildman–Crippen MR) is 111 cm³/mol. The van der Waals surface area contributed by atoms with Crippen LogP contribution >= 0.6 is 0 Å². The number of hydrogen-bond donors (Lipinski definition) is 0. The number of ether oxygens (including phenoxy) is 2. The first-order valence-corrected chi connectivity index (χ1v) is 9.36. The van der Waals surface area contributed by atoms with Crippen molar-refractivity contribution in [2.45, 2.75) is 19.6 Å². The number of amides is 1. The molecule has 0 N–H and O–H groups in total. The van der Waals surface area contributed by atoms with E-state index < -0.39 is 12.1 Å². The summed E-state index contributed by atoms with van der Waals surface area (Å²) in [5, 5.41) is 0. The minimum absolute atomic E-state index is 0.258. The second kappa shape index (κ2) is 9.55. The summed E-state index contributed by atoms with van der Waals surface area (Å²) >= 11 is 0. The highest BCUT2D eigenvalue weighted by Gasteiger charge is 2.22. The number of carbonyl (C=O) groups excluding carboxylic acids is 2. The molecule has 0 fully saturated rings. The van der Waals surface area contributed by atoms with Gasteiger partial charge in [-0.3, -0.25) is 4.79 Å². The number of para-hydroxylation sites is 1. The Hall–Kier alpha value is -3.60. The van der Waals surface area contributed by atoms with Crippen LogP contribution in [-0.4, -0.2) is 29.9 Å². The van der Waals surface area contributed by atoms with E-state index >= 15 is 0 Å². The molecule has 0 aromatic heterocycles. The Balaban J connectivity index is 1.55. The van der Waals surface area contributed by atoms with E-state index in [1.165, 1.54) is 0 Å². The lowest BCUT2D eigenvalue weighted by molar-refractivity contribution is -0.139. The summed E-state index contributed by atoms with van der Waals surface area (Å²) in [7, 11) is 1.69. The van der Waals surface area contributed by atoms with Crippen LogP contribution in [0.4, 0.5) is 0 Å². The maximum absolute atomic E-state index is 12.5. The van der Waals surface area contributed by atoms with Crippen LogP contribution in [0.5, 0.6) is 11.5 Å². The van der Waals surface area contributed by atoms with Gasteiger partial charge in [0.15, 0.2) is 6.10 Å². The molecule has 5 nitrogen and oxygen atoms in total. The van der Waals surface area contributed by atoms with Crippen molar-refractivity contribution in [3.8, 4) is 11.5 Å². The summed E-state index contributed by atoms with van der Waals surface area (Å²) in [6.07, 6.45) is -0.878. The third kappa shape index (κ3) is 5.69. The number of nitrogens with zero attached hydrogens (tertiary/aromatic N) is 1. The van der Waals surface area contributed by atoms with E-state index in [1.54, 1.807) is 43.1 Å². The van der Waals surface area contributed by atoms with Crippen LogP contribution in [0.2, 0.25) is 0 Å². The molecule has 0 saturated carbocycles. The first-order chi connectivity index (χ1) is 14.0. The zero-order valence-electron chi connectivity index (χ0n) is 16.4. The van der Waals surface area contributed by atoms with Crippen LogP contribution in [0.15, 0.2) is 84.9 Å². The van der Waals surface area contributed by atoms with E-state index in [4.69, 9.17) is 9.47 Å². The Morgan fingerprint density at radius 1 is 0.828 bits per heavy atom. The Kier molecular flexibility index (Phi) is 6.63. The van der Waals surface area contributed by atoms with Crippen LogP contribution in [0.1, 0.15) is 22.8 Å². The fourth-order valence-electron chi connectivity index (χ4n) is 2.81. The van der Waals surface area contributed by atoms with Gasteiger partial charge in [0.2, 0.25) is 0 Å². The summed E-state index contributed by atoms with van der Waals surface area (Å²) in [5.74, 6) is 0.513. The lowest BCUT2D eigenvalue weighted by Crippen LogP contribution is -2.37. The molecular formula is C24H23NO4. The normalized spacial score (nSPS) is 11.4. The Morgan fingerprint density at radius 2 is 1.38 bits per heavy atom. The fraction of sp³-hybridized carbons (Fsp3) is 0.167. The molecule has 0 saturated heterocycles. The van der Waals surface area contributed by atoms with Gasteiger partial charge in [0.25, 0.3) is 5.91 Å². The van der Waals surface area contributed by atoms with Crippen molar-refractivity contribution in [1.29, 1.82) is 0 Å². The smallest absolute Gasteiger partial charge is 0.338 e.